The number of nitrogens with zero attached hydrogens (tertiary/aromatic N) is 2. The minimum atomic E-state index is 0.512. The minimum absolute atomic E-state index is 0.512. The Hall–Kier alpha value is -0.640. The van der Waals surface area contributed by atoms with Gasteiger partial charge in [0.1, 0.15) is 6.33 Å². The summed E-state index contributed by atoms with van der Waals surface area (Å²) in [5.74, 6) is 1.61. The first-order chi connectivity index (χ1) is 8.78. The highest BCUT2D eigenvalue weighted by molar-refractivity contribution is 9.09. The molecule has 1 aromatic heterocycles. The van der Waals surface area contributed by atoms with Crippen LogP contribution >= 0.6 is 15.9 Å². The number of alkyl halides is 1. The largest absolute Gasteiger partial charge is 0.481 e. The van der Waals surface area contributed by atoms with Gasteiger partial charge in [-0.05, 0) is 18.8 Å². The van der Waals surface area contributed by atoms with Crippen LogP contribution < -0.4 is 4.74 Å². The van der Waals surface area contributed by atoms with Crippen LogP contribution in [0.5, 0.6) is 5.88 Å². The minimum Gasteiger partial charge on any atom is -0.481 e. The molecule has 4 heteroatoms. The van der Waals surface area contributed by atoms with Gasteiger partial charge in [0.05, 0.1) is 7.11 Å². The molecule has 0 spiro atoms. The van der Waals surface area contributed by atoms with Crippen molar-refractivity contribution in [3.05, 3.63) is 18.1 Å². The van der Waals surface area contributed by atoms with Crippen LogP contribution in [0.15, 0.2) is 12.4 Å². The molecule has 0 amide bonds. The van der Waals surface area contributed by atoms with Crippen molar-refractivity contribution >= 4 is 15.9 Å². The standard InChI is InChI=1S/C14H21BrN2O/c1-18-14-9-13(16-10-17-14)8-12(15)7-6-11-4-2-3-5-11/h9-12H,2-8H2,1H3. The van der Waals surface area contributed by atoms with E-state index in [0.717, 1.165) is 18.0 Å². The van der Waals surface area contributed by atoms with Gasteiger partial charge >= 0.3 is 0 Å². The lowest BCUT2D eigenvalue weighted by molar-refractivity contribution is 0.395. The molecule has 18 heavy (non-hydrogen) atoms. The van der Waals surface area contributed by atoms with E-state index in [9.17, 15) is 0 Å². The lowest BCUT2D eigenvalue weighted by Crippen LogP contribution is -2.07. The molecule has 1 atom stereocenters. The van der Waals surface area contributed by atoms with Crippen molar-refractivity contribution in [2.75, 3.05) is 7.11 Å². The number of aromatic nitrogens is 2. The van der Waals surface area contributed by atoms with Gasteiger partial charge in [-0.3, -0.25) is 0 Å². The molecule has 1 unspecified atom stereocenters. The second-order valence-electron chi connectivity index (χ2n) is 5.08. The molecule has 1 heterocycles. The zero-order valence-corrected chi connectivity index (χ0v) is 12.5. The molecule has 1 aromatic rings. The van der Waals surface area contributed by atoms with Crippen LogP contribution in [0.25, 0.3) is 0 Å². The van der Waals surface area contributed by atoms with Crippen molar-refractivity contribution in [2.45, 2.75) is 49.8 Å². The second-order valence-corrected chi connectivity index (χ2v) is 6.38. The zero-order chi connectivity index (χ0) is 12.8. The van der Waals surface area contributed by atoms with E-state index < -0.39 is 0 Å². The molecule has 2 rings (SSSR count). The van der Waals surface area contributed by atoms with E-state index in [2.05, 4.69) is 25.9 Å². The van der Waals surface area contributed by atoms with Gasteiger partial charge in [0.2, 0.25) is 5.88 Å². The first kappa shape index (κ1) is 13.8. The van der Waals surface area contributed by atoms with Crippen molar-refractivity contribution in [1.82, 2.24) is 9.97 Å². The maximum Gasteiger partial charge on any atom is 0.216 e. The van der Waals surface area contributed by atoms with Crippen molar-refractivity contribution in [3.8, 4) is 5.88 Å². The van der Waals surface area contributed by atoms with Crippen LogP contribution in [-0.4, -0.2) is 21.9 Å². The SMILES string of the molecule is COc1cc(CC(Br)CCC2CCCC2)ncn1. The Bertz CT molecular complexity index is 367. The summed E-state index contributed by atoms with van der Waals surface area (Å²) in [4.78, 5) is 8.82. The van der Waals surface area contributed by atoms with Crippen molar-refractivity contribution < 1.29 is 4.74 Å². The fourth-order valence-electron chi connectivity index (χ4n) is 2.64. The van der Waals surface area contributed by atoms with Gasteiger partial charge in [-0.15, -0.1) is 0 Å². The molecule has 1 aliphatic carbocycles. The fraction of sp³-hybridized carbons (Fsp3) is 0.714. The predicted molar refractivity (Wildman–Crippen MR) is 76.2 cm³/mol. The highest BCUT2D eigenvalue weighted by Gasteiger charge is 2.16. The number of methoxy groups -OCH3 is 1. The highest BCUT2D eigenvalue weighted by Crippen LogP contribution is 2.30. The lowest BCUT2D eigenvalue weighted by atomic mass is 9.99. The summed E-state index contributed by atoms with van der Waals surface area (Å²) in [5, 5.41) is 0. The number of rotatable bonds is 6. The monoisotopic (exact) mass is 312 g/mol. The molecule has 0 radical (unpaired) electrons. The van der Waals surface area contributed by atoms with E-state index in [-0.39, 0.29) is 0 Å². The normalized spacial score (nSPS) is 17.9. The van der Waals surface area contributed by atoms with E-state index in [1.54, 1.807) is 13.4 Å². The number of ether oxygens (including phenoxy) is 1. The van der Waals surface area contributed by atoms with Crippen molar-refractivity contribution in [1.29, 1.82) is 0 Å². The third kappa shape index (κ3) is 4.23. The summed E-state index contributed by atoms with van der Waals surface area (Å²) in [5.41, 5.74) is 1.05. The fourth-order valence-corrected chi connectivity index (χ4v) is 3.24. The number of hydrogen-bond acceptors (Lipinski definition) is 3. The van der Waals surface area contributed by atoms with Gasteiger partial charge in [-0.25, -0.2) is 9.97 Å². The topological polar surface area (TPSA) is 35.0 Å². The molecule has 1 aliphatic rings. The smallest absolute Gasteiger partial charge is 0.216 e. The molecule has 0 aromatic carbocycles. The van der Waals surface area contributed by atoms with Crippen LogP contribution in [0.2, 0.25) is 0 Å². The quantitative estimate of drug-likeness (QED) is 0.750. The molecule has 100 valence electrons. The third-order valence-electron chi connectivity index (χ3n) is 3.70. The van der Waals surface area contributed by atoms with Crippen molar-refractivity contribution in [3.63, 3.8) is 0 Å². The summed E-state index contributed by atoms with van der Waals surface area (Å²) >= 11 is 3.77. The Balaban J connectivity index is 1.76. The lowest BCUT2D eigenvalue weighted by Gasteiger charge is -2.13. The summed E-state index contributed by atoms with van der Waals surface area (Å²) in [6.45, 7) is 0. The van der Waals surface area contributed by atoms with Gasteiger partial charge < -0.3 is 4.74 Å². The van der Waals surface area contributed by atoms with Gasteiger partial charge in [0, 0.05) is 23.0 Å². The number of halogens is 1. The third-order valence-corrected chi connectivity index (χ3v) is 4.48. The van der Waals surface area contributed by atoms with Crippen LogP contribution in [0.3, 0.4) is 0 Å². The molecule has 0 saturated heterocycles. The number of hydrogen-bond donors (Lipinski definition) is 0. The van der Waals surface area contributed by atoms with Crippen molar-refractivity contribution in [2.24, 2.45) is 5.92 Å². The van der Waals surface area contributed by atoms with E-state index in [4.69, 9.17) is 4.74 Å². The van der Waals surface area contributed by atoms with Crippen LogP contribution in [-0.2, 0) is 6.42 Å². The molecule has 1 saturated carbocycles. The van der Waals surface area contributed by atoms with Gasteiger partial charge in [0.15, 0.2) is 0 Å². The van der Waals surface area contributed by atoms with E-state index >= 15 is 0 Å². The average molecular weight is 313 g/mol. The average Bonchev–Trinajstić information content (AvgIpc) is 2.90. The molecular formula is C14H21BrN2O. The van der Waals surface area contributed by atoms with E-state index in [1.807, 2.05) is 6.07 Å². The Morgan fingerprint density at radius 1 is 1.39 bits per heavy atom. The van der Waals surface area contributed by atoms with Crippen LogP contribution in [0.4, 0.5) is 0 Å². The summed E-state index contributed by atoms with van der Waals surface area (Å²) in [6, 6.07) is 1.92. The molecule has 1 fully saturated rings. The van der Waals surface area contributed by atoms with Gasteiger partial charge in [-0.2, -0.15) is 0 Å². The molecule has 3 nitrogen and oxygen atoms in total. The van der Waals surface area contributed by atoms with E-state index in [0.29, 0.717) is 10.7 Å². The maximum absolute atomic E-state index is 5.11. The Morgan fingerprint density at radius 3 is 2.89 bits per heavy atom. The summed E-state index contributed by atoms with van der Waals surface area (Å²) < 4.78 is 5.11. The Morgan fingerprint density at radius 2 is 2.17 bits per heavy atom. The van der Waals surface area contributed by atoms with E-state index in [1.165, 1.54) is 38.5 Å². The maximum atomic E-state index is 5.11. The Kier molecular flexibility index (Phi) is 5.42. The highest BCUT2D eigenvalue weighted by atomic mass is 79.9. The summed E-state index contributed by atoms with van der Waals surface area (Å²) in [6.07, 6.45) is 10.8. The molecule has 0 N–H and O–H groups in total. The first-order valence-corrected chi connectivity index (χ1v) is 7.68. The predicted octanol–water partition coefficient (Wildman–Crippen LogP) is 3.76. The van der Waals surface area contributed by atoms with Gasteiger partial charge in [-0.1, -0.05) is 41.6 Å². The van der Waals surface area contributed by atoms with Crippen LogP contribution in [0, 0.1) is 5.92 Å². The second kappa shape index (κ2) is 7.07. The zero-order valence-electron chi connectivity index (χ0n) is 10.9. The Labute approximate surface area is 117 Å². The summed E-state index contributed by atoms with van der Waals surface area (Å²) in [7, 11) is 1.64. The molecule has 0 aliphatic heterocycles. The van der Waals surface area contributed by atoms with Gasteiger partial charge in [0.25, 0.3) is 0 Å². The molecular weight excluding hydrogens is 292 g/mol. The van der Waals surface area contributed by atoms with Crippen LogP contribution in [0.1, 0.15) is 44.2 Å². The molecule has 0 bridgehead atoms. The first-order valence-electron chi connectivity index (χ1n) is 6.77.